The molecule has 23 heavy (non-hydrogen) atoms. The van der Waals surface area contributed by atoms with Crippen molar-refractivity contribution in [2.45, 2.75) is 43.3 Å². The van der Waals surface area contributed by atoms with E-state index in [-0.39, 0.29) is 5.91 Å². The third-order valence-electron chi connectivity index (χ3n) is 3.80. The maximum absolute atomic E-state index is 12.0. The van der Waals surface area contributed by atoms with Crippen molar-refractivity contribution in [3.63, 3.8) is 0 Å². The predicted octanol–water partition coefficient (Wildman–Crippen LogP) is 3.56. The third kappa shape index (κ3) is 4.45. The fourth-order valence-electron chi connectivity index (χ4n) is 2.68. The van der Waals surface area contributed by atoms with Gasteiger partial charge in [0.1, 0.15) is 0 Å². The second-order valence-corrected chi connectivity index (χ2v) is 7.00. The van der Waals surface area contributed by atoms with Gasteiger partial charge in [-0.05, 0) is 41.5 Å². The first-order chi connectivity index (χ1) is 11.2. The molecule has 1 N–H and O–H groups in total. The Labute approximate surface area is 144 Å². The van der Waals surface area contributed by atoms with Crippen molar-refractivity contribution in [1.29, 1.82) is 0 Å². The van der Waals surface area contributed by atoms with E-state index in [1.54, 1.807) is 12.1 Å². The number of hydrogen-bond donors (Lipinski definition) is 1. The summed E-state index contributed by atoms with van der Waals surface area (Å²) in [6.07, 6.45) is 5.13. The van der Waals surface area contributed by atoms with Crippen LogP contribution in [-0.2, 0) is 4.79 Å². The topological polar surface area (TPSA) is 72.7 Å². The largest absolute Gasteiger partial charge is 0.326 e. The lowest BCUT2D eigenvalue weighted by Gasteiger charge is -2.10. The molecular formula is C15H18ClN5OS. The molecule has 1 fully saturated rings. The van der Waals surface area contributed by atoms with E-state index in [2.05, 4.69) is 20.8 Å². The molecule has 1 aliphatic carbocycles. The van der Waals surface area contributed by atoms with Crippen molar-refractivity contribution in [2.75, 3.05) is 11.1 Å². The highest BCUT2D eigenvalue weighted by molar-refractivity contribution is 7.99. The number of hydrogen-bond acceptors (Lipinski definition) is 5. The average molecular weight is 352 g/mol. The number of carbonyl (C=O) groups excluding carboxylic acids is 1. The average Bonchev–Trinajstić information content (AvgIpc) is 3.17. The molecule has 2 aromatic rings. The van der Waals surface area contributed by atoms with E-state index in [1.807, 2.05) is 16.8 Å². The number of amides is 1. The monoisotopic (exact) mass is 351 g/mol. The van der Waals surface area contributed by atoms with Crippen molar-refractivity contribution < 1.29 is 4.79 Å². The van der Waals surface area contributed by atoms with Gasteiger partial charge in [0, 0.05) is 22.9 Å². The molecule has 0 unspecified atom stereocenters. The SMILES string of the molecule is O=C(CCSc1nnnn1C1CCCC1)Nc1cccc(Cl)c1. The Morgan fingerprint density at radius 3 is 3.00 bits per heavy atom. The smallest absolute Gasteiger partial charge is 0.225 e. The first-order valence-electron chi connectivity index (χ1n) is 7.68. The molecule has 1 heterocycles. The van der Waals surface area contributed by atoms with Crippen LogP contribution in [0.2, 0.25) is 5.02 Å². The van der Waals surface area contributed by atoms with Crippen molar-refractivity contribution in [2.24, 2.45) is 0 Å². The number of aromatic nitrogens is 4. The number of halogens is 1. The lowest BCUT2D eigenvalue weighted by atomic mass is 10.3. The fraction of sp³-hybridized carbons (Fsp3) is 0.467. The van der Waals surface area contributed by atoms with Crippen LogP contribution >= 0.6 is 23.4 Å². The van der Waals surface area contributed by atoms with E-state index in [4.69, 9.17) is 11.6 Å². The van der Waals surface area contributed by atoms with Gasteiger partial charge in [-0.25, -0.2) is 4.68 Å². The van der Waals surface area contributed by atoms with Gasteiger partial charge in [-0.3, -0.25) is 4.79 Å². The Hall–Kier alpha value is -1.60. The molecule has 0 aliphatic heterocycles. The summed E-state index contributed by atoms with van der Waals surface area (Å²) in [7, 11) is 0. The minimum atomic E-state index is -0.0420. The Bertz CT molecular complexity index is 671. The quantitative estimate of drug-likeness (QED) is 0.805. The van der Waals surface area contributed by atoms with Crippen LogP contribution in [0.25, 0.3) is 0 Å². The number of nitrogens with one attached hydrogen (secondary N) is 1. The Kier molecular flexibility index (Phi) is 5.51. The Morgan fingerprint density at radius 2 is 2.22 bits per heavy atom. The van der Waals surface area contributed by atoms with Crippen LogP contribution in [0.4, 0.5) is 5.69 Å². The van der Waals surface area contributed by atoms with E-state index >= 15 is 0 Å². The van der Waals surface area contributed by atoms with Crippen LogP contribution in [0.5, 0.6) is 0 Å². The van der Waals surface area contributed by atoms with Crippen LogP contribution < -0.4 is 5.32 Å². The van der Waals surface area contributed by atoms with Gasteiger partial charge >= 0.3 is 0 Å². The number of benzene rings is 1. The summed E-state index contributed by atoms with van der Waals surface area (Å²) in [4.78, 5) is 12.0. The van der Waals surface area contributed by atoms with Gasteiger partial charge in [-0.1, -0.05) is 42.3 Å². The third-order valence-corrected chi connectivity index (χ3v) is 4.97. The van der Waals surface area contributed by atoms with Gasteiger partial charge in [0.05, 0.1) is 6.04 Å². The van der Waals surface area contributed by atoms with Gasteiger partial charge < -0.3 is 5.32 Å². The Morgan fingerprint density at radius 1 is 1.39 bits per heavy atom. The first kappa shape index (κ1) is 16.3. The van der Waals surface area contributed by atoms with E-state index in [0.29, 0.717) is 28.9 Å². The van der Waals surface area contributed by atoms with Crippen LogP contribution in [0.1, 0.15) is 38.1 Å². The molecule has 0 bridgehead atoms. The number of rotatable bonds is 6. The minimum absolute atomic E-state index is 0.0420. The molecule has 6 nitrogen and oxygen atoms in total. The molecule has 1 amide bonds. The highest BCUT2D eigenvalue weighted by Crippen LogP contribution is 2.31. The van der Waals surface area contributed by atoms with Gasteiger partial charge in [0.2, 0.25) is 11.1 Å². The number of nitrogens with zero attached hydrogens (tertiary/aromatic N) is 4. The molecule has 0 saturated heterocycles. The van der Waals surface area contributed by atoms with Gasteiger partial charge in [0.25, 0.3) is 0 Å². The maximum Gasteiger partial charge on any atom is 0.225 e. The van der Waals surface area contributed by atoms with Crippen LogP contribution in [0.15, 0.2) is 29.4 Å². The van der Waals surface area contributed by atoms with Crippen molar-refractivity contribution in [1.82, 2.24) is 20.2 Å². The summed E-state index contributed by atoms with van der Waals surface area (Å²) in [5, 5.41) is 16.2. The van der Waals surface area contributed by atoms with Crippen LogP contribution in [0, 0.1) is 0 Å². The van der Waals surface area contributed by atoms with E-state index < -0.39 is 0 Å². The number of anilines is 1. The molecule has 1 aromatic carbocycles. The van der Waals surface area contributed by atoms with Gasteiger partial charge in [0.15, 0.2) is 0 Å². The lowest BCUT2D eigenvalue weighted by molar-refractivity contribution is -0.115. The highest BCUT2D eigenvalue weighted by atomic mass is 35.5. The summed E-state index contributed by atoms with van der Waals surface area (Å²) < 4.78 is 1.91. The van der Waals surface area contributed by atoms with Gasteiger partial charge in [-0.15, -0.1) is 5.10 Å². The van der Waals surface area contributed by atoms with E-state index in [9.17, 15) is 4.79 Å². The molecule has 0 atom stereocenters. The molecule has 0 spiro atoms. The van der Waals surface area contributed by atoms with Crippen molar-refractivity contribution >= 4 is 35.0 Å². The highest BCUT2D eigenvalue weighted by Gasteiger charge is 2.21. The zero-order valence-electron chi connectivity index (χ0n) is 12.6. The molecule has 122 valence electrons. The standard InChI is InChI=1S/C15H18ClN5OS/c16-11-4-3-5-12(10-11)17-14(22)8-9-23-15-18-19-20-21(15)13-6-1-2-7-13/h3-5,10,13H,1-2,6-9H2,(H,17,22). The minimum Gasteiger partial charge on any atom is -0.326 e. The summed E-state index contributed by atoms with van der Waals surface area (Å²) in [5.41, 5.74) is 0.711. The molecule has 1 aliphatic rings. The predicted molar refractivity (Wildman–Crippen MR) is 90.7 cm³/mol. The summed E-state index contributed by atoms with van der Waals surface area (Å²) in [6.45, 7) is 0. The van der Waals surface area contributed by atoms with Crippen molar-refractivity contribution in [3.05, 3.63) is 29.3 Å². The number of tetrazole rings is 1. The van der Waals surface area contributed by atoms with E-state index in [1.165, 1.54) is 24.6 Å². The maximum atomic E-state index is 12.0. The zero-order chi connectivity index (χ0) is 16.1. The fourth-order valence-corrected chi connectivity index (χ4v) is 3.76. The summed E-state index contributed by atoms with van der Waals surface area (Å²) in [6, 6.07) is 7.54. The summed E-state index contributed by atoms with van der Waals surface area (Å²) in [5.74, 6) is 0.596. The summed E-state index contributed by atoms with van der Waals surface area (Å²) >= 11 is 7.42. The second-order valence-electron chi connectivity index (χ2n) is 5.50. The van der Waals surface area contributed by atoms with Crippen molar-refractivity contribution in [3.8, 4) is 0 Å². The molecule has 1 aromatic heterocycles. The molecular weight excluding hydrogens is 334 g/mol. The lowest BCUT2D eigenvalue weighted by Crippen LogP contribution is -2.13. The van der Waals surface area contributed by atoms with E-state index in [0.717, 1.165) is 18.0 Å². The van der Waals surface area contributed by atoms with Crippen LogP contribution in [-0.4, -0.2) is 31.9 Å². The number of thioether (sulfide) groups is 1. The van der Waals surface area contributed by atoms with Crippen LogP contribution in [0.3, 0.4) is 0 Å². The number of carbonyl (C=O) groups is 1. The zero-order valence-corrected chi connectivity index (χ0v) is 14.2. The Balaban J connectivity index is 1.48. The van der Waals surface area contributed by atoms with Gasteiger partial charge in [-0.2, -0.15) is 0 Å². The first-order valence-corrected chi connectivity index (χ1v) is 9.05. The molecule has 1 saturated carbocycles. The second kappa shape index (κ2) is 7.79. The molecule has 8 heteroatoms. The molecule has 3 rings (SSSR count). The normalized spacial score (nSPS) is 15.0. The molecule has 0 radical (unpaired) electrons.